The van der Waals surface area contributed by atoms with Crippen LogP contribution in [-0.4, -0.2) is 36.8 Å². The molecule has 0 atom stereocenters. The Kier molecular flexibility index (Phi) is 6.96. The molecule has 0 aromatic carbocycles. The first-order chi connectivity index (χ1) is 9.55. The zero-order valence-electron chi connectivity index (χ0n) is 13.4. The van der Waals surface area contributed by atoms with Crippen LogP contribution in [0.1, 0.15) is 65.2 Å². The molecule has 0 aliphatic heterocycles. The van der Waals surface area contributed by atoms with Gasteiger partial charge in [-0.3, -0.25) is 4.79 Å². The summed E-state index contributed by atoms with van der Waals surface area (Å²) in [5.74, 6) is 0.112. The lowest BCUT2D eigenvalue weighted by molar-refractivity contribution is -0.123. The Morgan fingerprint density at radius 3 is 2.25 bits per heavy atom. The normalized spacial score (nSPS) is 18.8. The van der Waals surface area contributed by atoms with Gasteiger partial charge in [0.15, 0.2) is 0 Å². The van der Waals surface area contributed by atoms with Gasteiger partial charge in [-0.15, -0.1) is 0 Å². The molecule has 3 N–H and O–H groups in total. The van der Waals surface area contributed by atoms with E-state index in [1.165, 1.54) is 19.3 Å². The Morgan fingerprint density at radius 2 is 1.80 bits per heavy atom. The minimum Gasteiger partial charge on any atom is -0.396 e. The van der Waals surface area contributed by atoms with Crippen molar-refractivity contribution in [2.75, 3.05) is 20.2 Å². The second-order valence-corrected chi connectivity index (χ2v) is 6.41. The molecule has 0 spiro atoms. The summed E-state index contributed by atoms with van der Waals surface area (Å²) >= 11 is 0. The molecule has 0 saturated heterocycles. The van der Waals surface area contributed by atoms with Gasteiger partial charge in [-0.2, -0.15) is 0 Å². The lowest BCUT2D eigenvalue weighted by Crippen LogP contribution is -2.49. The Hall–Kier alpha value is -0.610. The average molecular weight is 284 g/mol. The van der Waals surface area contributed by atoms with Crippen molar-refractivity contribution in [2.45, 2.75) is 70.8 Å². The van der Waals surface area contributed by atoms with Crippen molar-refractivity contribution >= 4 is 5.91 Å². The monoisotopic (exact) mass is 284 g/mol. The summed E-state index contributed by atoms with van der Waals surface area (Å²) in [7, 11) is 1.97. The van der Waals surface area contributed by atoms with Crippen LogP contribution in [0.2, 0.25) is 0 Å². The lowest BCUT2D eigenvalue weighted by atomic mass is 9.79. The fourth-order valence-corrected chi connectivity index (χ4v) is 3.18. The van der Waals surface area contributed by atoms with Crippen molar-refractivity contribution in [1.29, 1.82) is 0 Å². The van der Waals surface area contributed by atoms with Gasteiger partial charge in [-0.25, -0.2) is 0 Å². The first kappa shape index (κ1) is 17.4. The first-order valence-corrected chi connectivity index (χ1v) is 8.12. The molecule has 0 unspecified atom stereocenters. The number of nitrogens with one attached hydrogen (secondary N) is 2. The highest BCUT2D eigenvalue weighted by molar-refractivity contribution is 5.77. The van der Waals surface area contributed by atoms with Crippen molar-refractivity contribution in [3.05, 3.63) is 0 Å². The molecule has 1 amide bonds. The molecule has 0 aromatic rings. The maximum Gasteiger partial charge on any atom is 0.221 e. The molecule has 1 aliphatic carbocycles. The molecule has 20 heavy (non-hydrogen) atoms. The predicted octanol–water partition coefficient (Wildman–Crippen LogP) is 2.21. The second kappa shape index (κ2) is 7.99. The number of amides is 1. The van der Waals surface area contributed by atoms with Crippen molar-refractivity contribution in [1.82, 2.24) is 10.6 Å². The maximum atomic E-state index is 12.2. The van der Waals surface area contributed by atoms with Gasteiger partial charge < -0.3 is 15.7 Å². The largest absolute Gasteiger partial charge is 0.396 e. The van der Waals surface area contributed by atoms with Gasteiger partial charge in [0.2, 0.25) is 5.91 Å². The van der Waals surface area contributed by atoms with Gasteiger partial charge in [0.25, 0.3) is 0 Å². The number of hydrogen-bond acceptors (Lipinski definition) is 3. The number of rotatable bonds is 8. The van der Waals surface area contributed by atoms with Crippen LogP contribution in [-0.2, 0) is 4.79 Å². The van der Waals surface area contributed by atoms with Gasteiger partial charge >= 0.3 is 0 Å². The Bertz CT molecular complexity index is 287. The number of aliphatic hydroxyl groups is 1. The third-order valence-electron chi connectivity index (χ3n) is 5.34. The van der Waals surface area contributed by atoms with E-state index in [1.807, 2.05) is 7.05 Å². The van der Waals surface area contributed by atoms with Crippen molar-refractivity contribution in [3.63, 3.8) is 0 Å². The van der Waals surface area contributed by atoms with Gasteiger partial charge in [0.05, 0.1) is 6.61 Å². The van der Waals surface area contributed by atoms with Crippen LogP contribution in [0.25, 0.3) is 0 Å². The van der Waals surface area contributed by atoms with Crippen molar-refractivity contribution in [2.24, 2.45) is 5.41 Å². The molecule has 0 radical (unpaired) electrons. The van der Waals surface area contributed by atoms with Gasteiger partial charge in [-0.05, 0) is 32.7 Å². The van der Waals surface area contributed by atoms with Crippen LogP contribution in [0.4, 0.5) is 0 Å². The van der Waals surface area contributed by atoms with E-state index in [1.54, 1.807) is 0 Å². The van der Waals surface area contributed by atoms with E-state index in [0.717, 1.165) is 25.7 Å². The maximum absolute atomic E-state index is 12.2. The fraction of sp³-hybridized carbons (Fsp3) is 0.938. The second-order valence-electron chi connectivity index (χ2n) is 6.41. The third kappa shape index (κ3) is 4.45. The minimum absolute atomic E-state index is 0.0113. The number of aliphatic hydroxyl groups excluding tert-OH is 1. The Balaban J connectivity index is 2.50. The van der Waals surface area contributed by atoms with E-state index in [9.17, 15) is 9.90 Å². The van der Waals surface area contributed by atoms with E-state index < -0.39 is 0 Å². The van der Waals surface area contributed by atoms with Crippen LogP contribution in [0.3, 0.4) is 0 Å². The average Bonchev–Trinajstić information content (AvgIpc) is 2.50. The minimum atomic E-state index is -0.158. The lowest BCUT2D eigenvalue weighted by Gasteiger charge is -2.37. The molecule has 1 saturated carbocycles. The highest BCUT2D eigenvalue weighted by Crippen LogP contribution is 2.31. The summed E-state index contributed by atoms with van der Waals surface area (Å²) in [5, 5.41) is 16.0. The van der Waals surface area contributed by atoms with E-state index >= 15 is 0 Å². The molecular formula is C16H32N2O2. The third-order valence-corrected chi connectivity index (χ3v) is 5.34. The smallest absolute Gasteiger partial charge is 0.221 e. The van der Waals surface area contributed by atoms with Gasteiger partial charge in [0.1, 0.15) is 0 Å². The first-order valence-electron chi connectivity index (χ1n) is 8.12. The van der Waals surface area contributed by atoms with Crippen LogP contribution < -0.4 is 10.6 Å². The SMILES string of the molecule is CCC(CC)(CO)CNC(=O)CC1(NC)CCCCC1. The number of carbonyl (C=O) groups excluding carboxylic acids is 1. The van der Waals surface area contributed by atoms with Gasteiger partial charge in [0, 0.05) is 23.9 Å². The molecule has 0 aromatic heterocycles. The summed E-state index contributed by atoms with van der Waals surface area (Å²) in [6.07, 6.45) is 8.20. The molecule has 4 nitrogen and oxygen atoms in total. The fourth-order valence-electron chi connectivity index (χ4n) is 3.18. The van der Waals surface area contributed by atoms with E-state index in [4.69, 9.17) is 0 Å². The summed E-state index contributed by atoms with van der Waals surface area (Å²) < 4.78 is 0. The molecule has 1 aliphatic rings. The predicted molar refractivity (Wildman–Crippen MR) is 82.6 cm³/mol. The highest BCUT2D eigenvalue weighted by atomic mass is 16.3. The zero-order chi connectivity index (χ0) is 15.1. The molecule has 0 bridgehead atoms. The summed E-state index contributed by atoms with van der Waals surface area (Å²) in [6, 6.07) is 0. The summed E-state index contributed by atoms with van der Waals surface area (Å²) in [5.41, 5.74) is -0.169. The number of carbonyl (C=O) groups is 1. The molecule has 1 rings (SSSR count). The molecule has 4 heteroatoms. The molecular weight excluding hydrogens is 252 g/mol. The van der Waals surface area contributed by atoms with Gasteiger partial charge in [-0.1, -0.05) is 33.1 Å². The Morgan fingerprint density at radius 1 is 1.20 bits per heavy atom. The highest BCUT2D eigenvalue weighted by Gasteiger charge is 2.33. The van der Waals surface area contributed by atoms with Crippen LogP contribution >= 0.6 is 0 Å². The standard InChI is InChI=1S/C16H32N2O2/c1-4-15(5-2,13-19)12-18-14(20)11-16(17-3)9-7-6-8-10-16/h17,19H,4-13H2,1-3H3,(H,18,20). The molecule has 0 heterocycles. The van der Waals surface area contributed by atoms with E-state index in [2.05, 4.69) is 24.5 Å². The number of hydrogen-bond donors (Lipinski definition) is 3. The summed E-state index contributed by atoms with van der Waals surface area (Å²) in [4.78, 5) is 12.2. The van der Waals surface area contributed by atoms with Crippen LogP contribution in [0.15, 0.2) is 0 Å². The zero-order valence-corrected chi connectivity index (χ0v) is 13.4. The quantitative estimate of drug-likeness (QED) is 0.640. The van der Waals surface area contributed by atoms with Crippen molar-refractivity contribution in [3.8, 4) is 0 Å². The Labute approximate surface area is 123 Å². The van der Waals surface area contributed by atoms with Crippen LogP contribution in [0.5, 0.6) is 0 Å². The topological polar surface area (TPSA) is 61.4 Å². The van der Waals surface area contributed by atoms with Crippen molar-refractivity contribution < 1.29 is 9.90 Å². The molecule has 1 fully saturated rings. The molecule has 118 valence electrons. The van der Waals surface area contributed by atoms with E-state index in [-0.39, 0.29) is 23.5 Å². The van der Waals surface area contributed by atoms with Crippen LogP contribution in [0, 0.1) is 5.41 Å². The van der Waals surface area contributed by atoms with E-state index in [0.29, 0.717) is 13.0 Å². The summed E-state index contributed by atoms with van der Waals surface area (Å²) in [6.45, 7) is 4.86.